The fraction of sp³-hybridized carbons (Fsp3) is 0.120. The van der Waals surface area contributed by atoms with Crippen molar-refractivity contribution < 1.29 is 27.8 Å². The van der Waals surface area contributed by atoms with Crippen molar-refractivity contribution in [3.05, 3.63) is 99.7 Å². The number of methoxy groups -OCH3 is 1. The van der Waals surface area contributed by atoms with Gasteiger partial charge in [0.1, 0.15) is 24.0 Å². The van der Waals surface area contributed by atoms with Crippen molar-refractivity contribution in [1.82, 2.24) is 4.57 Å². The van der Waals surface area contributed by atoms with Gasteiger partial charge in [0.2, 0.25) is 0 Å². The number of aromatic nitrogens is 1. The van der Waals surface area contributed by atoms with Crippen LogP contribution >= 0.6 is 11.6 Å². The standard InChI is InChI=1S/C25H18ClF2NO4/c1-32-25(31)20-3-2-4-22-24(20)17(13-30)12-29(22)11-16-9-18(26)6-8-23(16)33-14-15-5-7-19(27)10-21(15)28/h2-10,12-13H,11,14H2,1H3. The highest BCUT2D eigenvalue weighted by molar-refractivity contribution is 6.30. The van der Waals surface area contributed by atoms with Gasteiger partial charge in [-0.15, -0.1) is 0 Å². The third-order valence-corrected chi connectivity index (χ3v) is 5.46. The van der Waals surface area contributed by atoms with E-state index in [0.717, 1.165) is 12.1 Å². The zero-order valence-corrected chi connectivity index (χ0v) is 18.2. The summed E-state index contributed by atoms with van der Waals surface area (Å²) in [5, 5.41) is 0.949. The molecule has 0 N–H and O–H groups in total. The van der Waals surface area contributed by atoms with Gasteiger partial charge in [-0.3, -0.25) is 4.79 Å². The first-order valence-electron chi connectivity index (χ1n) is 9.91. The molecule has 0 saturated carbocycles. The summed E-state index contributed by atoms with van der Waals surface area (Å²) in [6.45, 7) is 0.149. The maximum Gasteiger partial charge on any atom is 0.338 e. The van der Waals surface area contributed by atoms with Gasteiger partial charge in [0.25, 0.3) is 0 Å². The van der Waals surface area contributed by atoms with Gasteiger partial charge >= 0.3 is 5.97 Å². The summed E-state index contributed by atoms with van der Waals surface area (Å²) in [7, 11) is 1.28. The predicted molar refractivity (Wildman–Crippen MR) is 120 cm³/mol. The topological polar surface area (TPSA) is 57.5 Å². The summed E-state index contributed by atoms with van der Waals surface area (Å²) >= 11 is 6.20. The van der Waals surface area contributed by atoms with Crippen molar-refractivity contribution in [3.8, 4) is 5.75 Å². The SMILES string of the molecule is COC(=O)c1cccc2c1c(C=O)cn2Cc1cc(Cl)ccc1OCc1ccc(F)cc1F. The van der Waals surface area contributed by atoms with Gasteiger partial charge in [0.15, 0.2) is 6.29 Å². The summed E-state index contributed by atoms with van der Waals surface area (Å²) in [6, 6.07) is 13.4. The third kappa shape index (κ3) is 4.59. The quantitative estimate of drug-likeness (QED) is 0.253. The summed E-state index contributed by atoms with van der Waals surface area (Å²) in [6.07, 6.45) is 2.31. The number of aldehydes is 1. The molecule has 0 bridgehead atoms. The summed E-state index contributed by atoms with van der Waals surface area (Å²) in [5.74, 6) is -1.47. The van der Waals surface area contributed by atoms with E-state index < -0.39 is 17.6 Å². The minimum atomic E-state index is -0.701. The number of hydrogen-bond donors (Lipinski definition) is 0. The Kier molecular flexibility index (Phi) is 6.42. The van der Waals surface area contributed by atoms with Crippen molar-refractivity contribution in [1.29, 1.82) is 0 Å². The van der Waals surface area contributed by atoms with Crippen LogP contribution in [-0.2, 0) is 17.9 Å². The first kappa shape index (κ1) is 22.5. The van der Waals surface area contributed by atoms with Crippen LogP contribution in [0.3, 0.4) is 0 Å². The average Bonchev–Trinajstić information content (AvgIpc) is 3.16. The molecule has 4 rings (SSSR count). The molecule has 8 heteroatoms. The number of hydrogen-bond acceptors (Lipinski definition) is 4. The number of fused-ring (bicyclic) bond motifs is 1. The fourth-order valence-electron chi connectivity index (χ4n) is 3.68. The molecule has 1 aromatic heterocycles. The van der Waals surface area contributed by atoms with E-state index in [4.69, 9.17) is 21.1 Å². The Bertz CT molecular complexity index is 1370. The van der Waals surface area contributed by atoms with Crippen LogP contribution in [0.1, 0.15) is 31.8 Å². The molecular weight excluding hydrogens is 452 g/mol. The second-order valence-corrected chi connectivity index (χ2v) is 7.73. The highest BCUT2D eigenvalue weighted by Crippen LogP contribution is 2.30. The van der Waals surface area contributed by atoms with Gasteiger partial charge in [-0.05, 0) is 42.5 Å². The third-order valence-electron chi connectivity index (χ3n) is 5.23. The molecule has 4 aromatic rings. The number of benzene rings is 3. The van der Waals surface area contributed by atoms with E-state index in [2.05, 4.69) is 0 Å². The van der Waals surface area contributed by atoms with Crippen LogP contribution in [0.25, 0.3) is 10.9 Å². The molecule has 168 valence electrons. The van der Waals surface area contributed by atoms with Crippen LogP contribution in [-0.4, -0.2) is 23.9 Å². The molecule has 33 heavy (non-hydrogen) atoms. The number of nitrogens with zero attached hydrogens (tertiary/aromatic N) is 1. The molecule has 0 radical (unpaired) electrons. The van der Waals surface area contributed by atoms with Crippen LogP contribution < -0.4 is 4.74 Å². The second kappa shape index (κ2) is 9.42. The first-order chi connectivity index (χ1) is 15.9. The van der Waals surface area contributed by atoms with Crippen LogP contribution in [0.15, 0.2) is 60.8 Å². The zero-order chi connectivity index (χ0) is 23.5. The number of ether oxygens (including phenoxy) is 2. The molecule has 0 amide bonds. The lowest BCUT2D eigenvalue weighted by atomic mass is 10.1. The molecule has 1 heterocycles. The van der Waals surface area contributed by atoms with Crippen LogP contribution in [0.2, 0.25) is 5.02 Å². The average molecular weight is 470 g/mol. The summed E-state index contributed by atoms with van der Waals surface area (Å²) < 4.78 is 39.6. The van der Waals surface area contributed by atoms with Crippen molar-refractivity contribution in [2.24, 2.45) is 0 Å². The summed E-state index contributed by atoms with van der Waals surface area (Å²) in [5.41, 5.74) is 2.14. The Morgan fingerprint density at radius 2 is 1.91 bits per heavy atom. The molecule has 0 unspecified atom stereocenters. The van der Waals surface area contributed by atoms with Gasteiger partial charge in [-0.2, -0.15) is 0 Å². The van der Waals surface area contributed by atoms with Crippen LogP contribution in [0.5, 0.6) is 5.75 Å². The highest BCUT2D eigenvalue weighted by atomic mass is 35.5. The second-order valence-electron chi connectivity index (χ2n) is 7.30. The molecule has 0 fully saturated rings. The number of esters is 1. The van der Waals surface area contributed by atoms with Gasteiger partial charge in [0, 0.05) is 44.9 Å². The molecule has 0 spiro atoms. The maximum atomic E-state index is 14.0. The van der Waals surface area contributed by atoms with Crippen LogP contribution in [0.4, 0.5) is 8.78 Å². The number of halogens is 3. The van der Waals surface area contributed by atoms with Gasteiger partial charge in [-0.1, -0.05) is 17.7 Å². The van der Waals surface area contributed by atoms with E-state index in [1.165, 1.54) is 13.2 Å². The molecule has 5 nitrogen and oxygen atoms in total. The highest BCUT2D eigenvalue weighted by Gasteiger charge is 2.18. The Morgan fingerprint density at radius 1 is 1.09 bits per heavy atom. The molecule has 0 aliphatic heterocycles. The molecule has 3 aromatic carbocycles. The first-order valence-corrected chi connectivity index (χ1v) is 10.3. The van der Waals surface area contributed by atoms with E-state index in [1.54, 1.807) is 47.2 Å². The van der Waals surface area contributed by atoms with Crippen LogP contribution in [0, 0.1) is 11.6 Å². The lowest BCUT2D eigenvalue weighted by Crippen LogP contribution is -2.05. The smallest absolute Gasteiger partial charge is 0.338 e. The van der Waals surface area contributed by atoms with Crippen molar-refractivity contribution in [2.45, 2.75) is 13.2 Å². The van der Waals surface area contributed by atoms with Crippen molar-refractivity contribution in [3.63, 3.8) is 0 Å². The van der Waals surface area contributed by atoms with E-state index >= 15 is 0 Å². The van der Waals surface area contributed by atoms with Crippen molar-refractivity contribution >= 4 is 34.8 Å². The van der Waals surface area contributed by atoms with E-state index in [-0.39, 0.29) is 24.3 Å². The largest absolute Gasteiger partial charge is 0.488 e. The number of rotatable bonds is 7. The number of carbonyl (C=O) groups is 2. The van der Waals surface area contributed by atoms with Crippen molar-refractivity contribution in [2.75, 3.05) is 7.11 Å². The minimum absolute atomic E-state index is 0.112. The Hall–Kier alpha value is -3.71. The predicted octanol–water partition coefficient (Wildman–Crippen LogP) is 5.80. The molecule has 0 saturated heterocycles. The number of carbonyl (C=O) groups excluding carboxylic acids is 2. The summed E-state index contributed by atoms with van der Waals surface area (Å²) in [4.78, 5) is 23.9. The molecule has 0 atom stereocenters. The minimum Gasteiger partial charge on any atom is -0.488 e. The Balaban J connectivity index is 1.70. The normalized spacial score (nSPS) is 10.9. The Morgan fingerprint density at radius 3 is 2.64 bits per heavy atom. The lowest BCUT2D eigenvalue weighted by Gasteiger charge is -2.14. The van der Waals surface area contributed by atoms with E-state index in [1.807, 2.05) is 0 Å². The maximum absolute atomic E-state index is 14.0. The van der Waals surface area contributed by atoms with E-state index in [9.17, 15) is 18.4 Å². The molecule has 0 aliphatic carbocycles. The van der Waals surface area contributed by atoms with Gasteiger partial charge in [-0.25, -0.2) is 13.6 Å². The van der Waals surface area contributed by atoms with Gasteiger partial charge in [0.05, 0.1) is 19.2 Å². The molecule has 0 aliphatic rings. The lowest BCUT2D eigenvalue weighted by molar-refractivity contribution is 0.0603. The van der Waals surface area contributed by atoms with Gasteiger partial charge < -0.3 is 14.0 Å². The zero-order valence-electron chi connectivity index (χ0n) is 17.5. The molecular formula is C25H18ClF2NO4. The fourth-order valence-corrected chi connectivity index (χ4v) is 3.87. The monoisotopic (exact) mass is 469 g/mol. The Labute approximate surface area is 193 Å². The van der Waals surface area contributed by atoms with E-state index in [0.29, 0.717) is 39.1 Å².